The Labute approximate surface area is 206 Å². The van der Waals surface area contributed by atoms with E-state index in [9.17, 15) is 0 Å². The number of ether oxygens (including phenoxy) is 2. The van der Waals surface area contributed by atoms with Gasteiger partial charge < -0.3 is 19.7 Å². The largest absolute Gasteiger partial charge is 0.497 e. The predicted octanol–water partition coefficient (Wildman–Crippen LogP) is 5.23. The Kier molecular flexibility index (Phi) is 7.51. The van der Waals surface area contributed by atoms with Crippen LogP contribution in [0.4, 0.5) is 11.5 Å². The molecule has 0 radical (unpaired) electrons. The number of anilines is 2. The maximum absolute atomic E-state index is 5.52. The van der Waals surface area contributed by atoms with Crippen molar-refractivity contribution in [1.29, 1.82) is 0 Å². The lowest BCUT2D eigenvalue weighted by Gasteiger charge is -2.26. The summed E-state index contributed by atoms with van der Waals surface area (Å²) in [4.78, 5) is 11.8. The van der Waals surface area contributed by atoms with E-state index in [-0.39, 0.29) is 0 Å². The van der Waals surface area contributed by atoms with Gasteiger partial charge in [-0.2, -0.15) is 5.10 Å². The van der Waals surface area contributed by atoms with Gasteiger partial charge in [-0.3, -0.25) is 9.67 Å². The fraction of sp³-hybridized carbons (Fsp3) is 0.370. The highest BCUT2D eigenvalue weighted by Crippen LogP contribution is 2.33. The van der Waals surface area contributed by atoms with E-state index in [4.69, 9.17) is 14.5 Å². The summed E-state index contributed by atoms with van der Waals surface area (Å²) in [6.07, 6.45) is 5.80. The zero-order valence-corrected chi connectivity index (χ0v) is 21.3. The summed E-state index contributed by atoms with van der Waals surface area (Å²) < 4.78 is 13.0. The number of hydrogen-bond donors (Lipinski definition) is 1. The Morgan fingerprint density at radius 1 is 0.914 bits per heavy atom. The molecule has 8 heteroatoms. The molecule has 35 heavy (non-hydrogen) atoms. The fourth-order valence-corrected chi connectivity index (χ4v) is 3.86. The number of benzene rings is 1. The molecule has 0 fully saturated rings. The molecule has 3 aromatic heterocycles. The lowest BCUT2D eigenvalue weighted by molar-refractivity contribution is 0.394. The summed E-state index contributed by atoms with van der Waals surface area (Å²) in [5.41, 5.74) is 4.63. The van der Waals surface area contributed by atoms with Crippen LogP contribution in [0.15, 0.2) is 55.0 Å². The Morgan fingerprint density at radius 2 is 1.66 bits per heavy atom. The minimum atomic E-state index is 0.301. The van der Waals surface area contributed by atoms with E-state index < -0.39 is 0 Å². The van der Waals surface area contributed by atoms with Crippen LogP contribution < -0.4 is 19.7 Å². The van der Waals surface area contributed by atoms with E-state index in [2.05, 4.69) is 54.1 Å². The summed E-state index contributed by atoms with van der Waals surface area (Å²) >= 11 is 0. The molecule has 0 aliphatic heterocycles. The number of rotatable bonds is 10. The van der Waals surface area contributed by atoms with Crippen molar-refractivity contribution in [2.75, 3.05) is 32.2 Å². The lowest BCUT2D eigenvalue weighted by atomic mass is 10.1. The van der Waals surface area contributed by atoms with Crippen LogP contribution in [-0.4, -0.2) is 53.1 Å². The average Bonchev–Trinajstić information content (AvgIpc) is 3.36. The smallest absolute Gasteiger partial charge is 0.133 e. The third kappa shape index (κ3) is 5.71. The van der Waals surface area contributed by atoms with Gasteiger partial charge in [-0.25, -0.2) is 4.98 Å². The highest BCUT2D eigenvalue weighted by Gasteiger charge is 2.15. The first-order valence-electron chi connectivity index (χ1n) is 11.9. The summed E-state index contributed by atoms with van der Waals surface area (Å²) in [5.74, 6) is 2.29. The van der Waals surface area contributed by atoms with Crippen molar-refractivity contribution in [3.05, 3.63) is 55.0 Å². The Balaban J connectivity index is 1.74. The maximum Gasteiger partial charge on any atom is 0.133 e. The third-order valence-electron chi connectivity index (χ3n) is 5.80. The molecule has 4 rings (SSSR count). The second-order valence-corrected chi connectivity index (χ2v) is 9.07. The molecule has 0 aliphatic rings. The molecule has 0 atom stereocenters. The van der Waals surface area contributed by atoms with Gasteiger partial charge in [0.05, 0.1) is 31.4 Å². The van der Waals surface area contributed by atoms with E-state index in [1.807, 2.05) is 53.6 Å². The van der Waals surface area contributed by atoms with Gasteiger partial charge in [0, 0.05) is 72.6 Å². The van der Waals surface area contributed by atoms with Gasteiger partial charge in [0.15, 0.2) is 0 Å². The van der Waals surface area contributed by atoms with Gasteiger partial charge in [-0.05, 0) is 32.0 Å². The van der Waals surface area contributed by atoms with Crippen molar-refractivity contribution in [2.45, 2.75) is 39.8 Å². The van der Waals surface area contributed by atoms with Crippen LogP contribution in [0.5, 0.6) is 11.5 Å². The molecule has 0 unspecified atom stereocenters. The zero-order valence-electron chi connectivity index (χ0n) is 21.3. The van der Waals surface area contributed by atoms with Gasteiger partial charge >= 0.3 is 0 Å². The summed E-state index contributed by atoms with van der Waals surface area (Å²) in [7, 11) is 3.32. The number of methoxy groups -OCH3 is 2. The first-order valence-corrected chi connectivity index (χ1v) is 11.9. The molecule has 0 aliphatic carbocycles. The van der Waals surface area contributed by atoms with Gasteiger partial charge in [-0.15, -0.1) is 0 Å². The normalized spacial score (nSPS) is 11.4. The number of pyridine rings is 2. The van der Waals surface area contributed by atoms with Gasteiger partial charge in [0.2, 0.25) is 0 Å². The summed E-state index contributed by atoms with van der Waals surface area (Å²) in [6, 6.07) is 12.7. The second-order valence-electron chi connectivity index (χ2n) is 9.07. The molecule has 0 saturated carbocycles. The second kappa shape index (κ2) is 10.7. The minimum absolute atomic E-state index is 0.301. The van der Waals surface area contributed by atoms with Crippen molar-refractivity contribution < 1.29 is 9.47 Å². The molecule has 184 valence electrons. The fourth-order valence-electron chi connectivity index (χ4n) is 3.86. The number of nitrogens with one attached hydrogen (secondary N) is 1. The van der Waals surface area contributed by atoms with E-state index in [0.29, 0.717) is 12.1 Å². The molecule has 3 heterocycles. The van der Waals surface area contributed by atoms with Crippen LogP contribution in [0, 0.1) is 0 Å². The lowest BCUT2D eigenvalue weighted by Crippen LogP contribution is -2.33. The topological polar surface area (TPSA) is 77.3 Å². The van der Waals surface area contributed by atoms with Crippen LogP contribution in [-0.2, 0) is 0 Å². The highest BCUT2D eigenvalue weighted by atomic mass is 16.5. The first kappa shape index (κ1) is 24.5. The molecule has 1 N–H and O–H groups in total. The van der Waals surface area contributed by atoms with Gasteiger partial charge in [-0.1, -0.05) is 13.8 Å². The highest BCUT2D eigenvalue weighted by molar-refractivity contribution is 5.82. The van der Waals surface area contributed by atoms with E-state index in [1.165, 1.54) is 0 Å². The molecule has 0 amide bonds. The van der Waals surface area contributed by atoms with E-state index in [1.54, 1.807) is 14.2 Å². The third-order valence-corrected chi connectivity index (χ3v) is 5.80. The molecule has 0 spiro atoms. The van der Waals surface area contributed by atoms with E-state index >= 15 is 0 Å². The standard InChI is InChI=1S/C27H34N6O2/c1-18(2)28-9-10-32(22-12-23(34-5)14-24(13-22)35-6)27-8-7-25-26(31-27)11-20(15-29-25)21-16-30-33(17-21)19(3)4/h7-8,11-19,28H,9-10H2,1-6H3. The molecule has 0 bridgehead atoms. The van der Waals surface area contributed by atoms with Crippen LogP contribution in [0.3, 0.4) is 0 Å². The number of aromatic nitrogens is 4. The number of hydrogen-bond acceptors (Lipinski definition) is 7. The summed E-state index contributed by atoms with van der Waals surface area (Å²) in [5, 5.41) is 7.97. The van der Waals surface area contributed by atoms with Crippen LogP contribution in [0.2, 0.25) is 0 Å². The van der Waals surface area contributed by atoms with Crippen molar-refractivity contribution in [3.63, 3.8) is 0 Å². The molecular formula is C27H34N6O2. The van der Waals surface area contributed by atoms with Crippen LogP contribution in [0.1, 0.15) is 33.7 Å². The molecule has 8 nitrogen and oxygen atoms in total. The van der Waals surface area contributed by atoms with Gasteiger partial charge in [0.1, 0.15) is 17.3 Å². The van der Waals surface area contributed by atoms with Crippen molar-refractivity contribution in [1.82, 2.24) is 25.1 Å². The number of fused-ring (bicyclic) bond motifs is 1. The SMILES string of the molecule is COc1cc(OC)cc(N(CCNC(C)C)c2ccc3ncc(-c4cnn(C(C)C)c4)cc3n2)c1. The predicted molar refractivity (Wildman–Crippen MR) is 141 cm³/mol. The Bertz CT molecular complexity index is 1260. The van der Waals surface area contributed by atoms with E-state index in [0.717, 1.165) is 58.3 Å². The zero-order chi connectivity index (χ0) is 24.9. The number of nitrogens with zero attached hydrogens (tertiary/aromatic N) is 5. The molecule has 1 aromatic carbocycles. The first-order chi connectivity index (χ1) is 16.9. The molecule has 0 saturated heterocycles. The minimum Gasteiger partial charge on any atom is -0.497 e. The summed E-state index contributed by atoms with van der Waals surface area (Å²) in [6.45, 7) is 10.0. The van der Waals surface area contributed by atoms with Crippen LogP contribution in [0.25, 0.3) is 22.2 Å². The van der Waals surface area contributed by atoms with Crippen LogP contribution >= 0.6 is 0 Å². The van der Waals surface area contributed by atoms with Crippen molar-refractivity contribution >= 4 is 22.5 Å². The Morgan fingerprint density at radius 3 is 2.29 bits per heavy atom. The van der Waals surface area contributed by atoms with Gasteiger partial charge in [0.25, 0.3) is 0 Å². The molecule has 4 aromatic rings. The molecular weight excluding hydrogens is 440 g/mol. The monoisotopic (exact) mass is 474 g/mol. The van der Waals surface area contributed by atoms with Crippen molar-refractivity contribution in [2.24, 2.45) is 0 Å². The average molecular weight is 475 g/mol. The Hall–Kier alpha value is -3.65. The quantitative estimate of drug-likeness (QED) is 0.337. The van der Waals surface area contributed by atoms with Crippen molar-refractivity contribution in [3.8, 4) is 22.6 Å². The maximum atomic E-state index is 5.52.